The van der Waals surface area contributed by atoms with Gasteiger partial charge in [-0.05, 0) is 37.0 Å². The van der Waals surface area contributed by atoms with Gasteiger partial charge in [0.05, 0.1) is 12.0 Å². The Bertz CT molecular complexity index is 514. The second kappa shape index (κ2) is 4.20. The standard InChI is InChI=1S/C14H14F4O/c1-7-8(3-5-11(15)12(7)16)9-2-4-10-13(9)19-6-14(10,17)18/h3,5,9-10,13H,2,4,6H2,1H3/t9?,10-,13+/m0/s1. The van der Waals surface area contributed by atoms with Gasteiger partial charge in [-0.2, -0.15) is 0 Å². The largest absolute Gasteiger partial charge is 0.371 e. The Balaban J connectivity index is 1.95. The number of halogens is 4. The summed E-state index contributed by atoms with van der Waals surface area (Å²) in [6.07, 6.45) is 0.302. The van der Waals surface area contributed by atoms with Gasteiger partial charge in [-0.25, -0.2) is 17.6 Å². The first-order valence-corrected chi connectivity index (χ1v) is 6.36. The molecule has 1 aliphatic heterocycles. The molecule has 19 heavy (non-hydrogen) atoms. The molecule has 1 saturated heterocycles. The number of ether oxygens (including phenoxy) is 1. The van der Waals surface area contributed by atoms with E-state index < -0.39 is 36.2 Å². The van der Waals surface area contributed by atoms with Crippen molar-refractivity contribution in [3.05, 3.63) is 34.9 Å². The molecule has 1 unspecified atom stereocenters. The summed E-state index contributed by atoms with van der Waals surface area (Å²) in [5.41, 5.74) is 0.786. The Kier molecular flexibility index (Phi) is 2.85. The van der Waals surface area contributed by atoms with Crippen molar-refractivity contribution in [3.8, 4) is 0 Å². The van der Waals surface area contributed by atoms with Gasteiger partial charge in [-0.3, -0.25) is 0 Å². The molecule has 2 aliphatic rings. The highest BCUT2D eigenvalue weighted by atomic mass is 19.3. The molecule has 5 heteroatoms. The summed E-state index contributed by atoms with van der Waals surface area (Å²) in [6.45, 7) is 0.912. The van der Waals surface area contributed by atoms with Gasteiger partial charge in [-0.1, -0.05) is 6.07 Å². The summed E-state index contributed by atoms with van der Waals surface area (Å²) >= 11 is 0. The molecule has 0 radical (unpaired) electrons. The van der Waals surface area contributed by atoms with Crippen molar-refractivity contribution in [2.24, 2.45) is 5.92 Å². The third-order valence-electron chi connectivity index (χ3n) is 4.37. The Morgan fingerprint density at radius 1 is 1.21 bits per heavy atom. The van der Waals surface area contributed by atoms with E-state index >= 15 is 0 Å². The molecule has 2 fully saturated rings. The zero-order valence-corrected chi connectivity index (χ0v) is 10.4. The fourth-order valence-electron chi connectivity index (χ4n) is 3.37. The number of hydrogen-bond acceptors (Lipinski definition) is 1. The molecule has 3 rings (SSSR count). The maximum Gasteiger partial charge on any atom is 0.276 e. The van der Waals surface area contributed by atoms with Crippen LogP contribution >= 0.6 is 0 Å². The van der Waals surface area contributed by atoms with Crippen LogP contribution in [0.3, 0.4) is 0 Å². The topological polar surface area (TPSA) is 9.23 Å². The van der Waals surface area contributed by atoms with E-state index in [4.69, 9.17) is 4.74 Å². The number of benzene rings is 1. The minimum atomic E-state index is -2.80. The average molecular weight is 274 g/mol. The van der Waals surface area contributed by atoms with Crippen molar-refractivity contribution in [1.82, 2.24) is 0 Å². The zero-order valence-electron chi connectivity index (χ0n) is 10.4. The van der Waals surface area contributed by atoms with Crippen molar-refractivity contribution in [3.63, 3.8) is 0 Å². The summed E-state index contributed by atoms with van der Waals surface area (Å²) in [7, 11) is 0. The van der Waals surface area contributed by atoms with Gasteiger partial charge in [0.15, 0.2) is 11.6 Å². The molecule has 1 aromatic rings. The molecule has 3 atom stereocenters. The third-order valence-corrected chi connectivity index (χ3v) is 4.37. The first kappa shape index (κ1) is 12.9. The minimum Gasteiger partial charge on any atom is -0.371 e. The lowest BCUT2D eigenvalue weighted by Gasteiger charge is -2.20. The van der Waals surface area contributed by atoms with E-state index in [1.54, 1.807) is 0 Å². The highest BCUT2D eigenvalue weighted by Crippen LogP contribution is 2.51. The predicted molar refractivity (Wildman–Crippen MR) is 61.2 cm³/mol. The summed E-state index contributed by atoms with van der Waals surface area (Å²) in [5.74, 6) is -5.68. The molecule has 0 amide bonds. The van der Waals surface area contributed by atoms with Crippen LogP contribution in [0.15, 0.2) is 12.1 Å². The lowest BCUT2D eigenvalue weighted by Crippen LogP contribution is -2.27. The fraction of sp³-hybridized carbons (Fsp3) is 0.571. The third kappa shape index (κ3) is 1.86. The summed E-state index contributed by atoms with van der Waals surface area (Å²) in [4.78, 5) is 0. The van der Waals surface area contributed by atoms with E-state index in [9.17, 15) is 17.6 Å². The second-order valence-electron chi connectivity index (χ2n) is 5.40. The Morgan fingerprint density at radius 2 is 1.95 bits per heavy atom. The maximum absolute atomic E-state index is 13.6. The van der Waals surface area contributed by atoms with E-state index in [2.05, 4.69) is 0 Å². The molecule has 1 aromatic carbocycles. The van der Waals surface area contributed by atoms with Gasteiger partial charge in [0, 0.05) is 5.92 Å². The van der Waals surface area contributed by atoms with Crippen LogP contribution in [0.5, 0.6) is 0 Å². The molecule has 1 nitrogen and oxygen atoms in total. The number of rotatable bonds is 1. The van der Waals surface area contributed by atoms with Crippen molar-refractivity contribution in [2.75, 3.05) is 6.61 Å². The van der Waals surface area contributed by atoms with Crippen LogP contribution in [0.25, 0.3) is 0 Å². The number of alkyl halides is 2. The SMILES string of the molecule is Cc1c(C2CC[C@H]3[C@@H]2OCC3(F)F)ccc(F)c1F. The highest BCUT2D eigenvalue weighted by molar-refractivity contribution is 5.33. The van der Waals surface area contributed by atoms with Crippen LogP contribution in [0.1, 0.15) is 29.9 Å². The van der Waals surface area contributed by atoms with Crippen LogP contribution in [0, 0.1) is 24.5 Å². The summed E-state index contributed by atoms with van der Waals surface area (Å²) < 4.78 is 59.1. The summed E-state index contributed by atoms with van der Waals surface area (Å²) in [6, 6.07) is 2.54. The van der Waals surface area contributed by atoms with Gasteiger partial charge in [0.1, 0.15) is 6.61 Å². The van der Waals surface area contributed by atoms with Crippen LogP contribution in [-0.2, 0) is 4.74 Å². The van der Waals surface area contributed by atoms with Crippen molar-refractivity contribution < 1.29 is 22.3 Å². The predicted octanol–water partition coefficient (Wildman–Crippen LogP) is 3.80. The van der Waals surface area contributed by atoms with Crippen LogP contribution < -0.4 is 0 Å². The van der Waals surface area contributed by atoms with Crippen LogP contribution in [-0.4, -0.2) is 18.6 Å². The van der Waals surface area contributed by atoms with Crippen LogP contribution in [0.2, 0.25) is 0 Å². The lowest BCUT2D eigenvalue weighted by atomic mass is 9.89. The molecular weight excluding hydrogens is 260 g/mol. The summed E-state index contributed by atoms with van der Waals surface area (Å²) in [5, 5.41) is 0. The van der Waals surface area contributed by atoms with E-state index in [0.29, 0.717) is 18.4 Å². The van der Waals surface area contributed by atoms with Crippen LogP contribution in [0.4, 0.5) is 17.6 Å². The van der Waals surface area contributed by atoms with Gasteiger partial charge in [-0.15, -0.1) is 0 Å². The van der Waals surface area contributed by atoms with Crippen molar-refractivity contribution >= 4 is 0 Å². The van der Waals surface area contributed by atoms with E-state index in [0.717, 1.165) is 6.07 Å². The molecular formula is C14H14F4O. The lowest BCUT2D eigenvalue weighted by molar-refractivity contribution is -0.0385. The Labute approximate surface area is 108 Å². The first-order chi connectivity index (χ1) is 8.92. The normalized spacial score (nSPS) is 32.6. The molecule has 104 valence electrons. The molecule has 0 spiro atoms. The maximum atomic E-state index is 13.6. The van der Waals surface area contributed by atoms with Crippen molar-refractivity contribution in [2.45, 2.75) is 37.7 Å². The molecule has 0 N–H and O–H groups in total. The smallest absolute Gasteiger partial charge is 0.276 e. The molecule has 0 bridgehead atoms. The van der Waals surface area contributed by atoms with Gasteiger partial charge in [0.2, 0.25) is 0 Å². The zero-order chi connectivity index (χ0) is 13.8. The minimum absolute atomic E-state index is 0.199. The van der Waals surface area contributed by atoms with E-state index in [-0.39, 0.29) is 11.5 Å². The quantitative estimate of drug-likeness (QED) is 0.708. The average Bonchev–Trinajstić information content (AvgIpc) is 2.89. The number of hydrogen-bond donors (Lipinski definition) is 0. The molecule has 1 saturated carbocycles. The van der Waals surface area contributed by atoms with E-state index in [1.165, 1.54) is 13.0 Å². The molecule has 1 aliphatic carbocycles. The fourth-order valence-corrected chi connectivity index (χ4v) is 3.37. The van der Waals surface area contributed by atoms with Gasteiger partial charge < -0.3 is 4.74 Å². The monoisotopic (exact) mass is 274 g/mol. The van der Waals surface area contributed by atoms with Gasteiger partial charge >= 0.3 is 0 Å². The Morgan fingerprint density at radius 3 is 2.68 bits per heavy atom. The second-order valence-corrected chi connectivity index (χ2v) is 5.40. The van der Waals surface area contributed by atoms with E-state index in [1.807, 2.05) is 0 Å². The molecule has 1 heterocycles. The Hall–Kier alpha value is -1.10. The highest BCUT2D eigenvalue weighted by Gasteiger charge is 2.57. The van der Waals surface area contributed by atoms with Gasteiger partial charge in [0.25, 0.3) is 5.92 Å². The number of fused-ring (bicyclic) bond motifs is 1. The van der Waals surface area contributed by atoms with Crippen molar-refractivity contribution in [1.29, 1.82) is 0 Å². The molecule has 0 aromatic heterocycles. The first-order valence-electron chi connectivity index (χ1n) is 6.36.